The molecule has 0 amide bonds. The first-order valence-electron chi connectivity index (χ1n) is 9.04. The number of rotatable bonds is 5. The van der Waals surface area contributed by atoms with E-state index in [-0.39, 0.29) is 0 Å². The van der Waals surface area contributed by atoms with Gasteiger partial charge in [0.25, 0.3) is 0 Å². The Morgan fingerprint density at radius 2 is 1.95 bits per heavy atom. The third kappa shape index (κ3) is 2.25. The minimum Gasteiger partial charge on any atom is -0.316 e. The molecule has 1 N–H and O–H groups in total. The van der Waals surface area contributed by atoms with Crippen LogP contribution >= 0.6 is 0 Å². The van der Waals surface area contributed by atoms with Crippen molar-refractivity contribution in [3.63, 3.8) is 0 Å². The predicted molar refractivity (Wildman–Crippen MR) is 88.4 cm³/mol. The standard InChI is InChI=1S/C20H29N/c1-21-19(14-17-13-15-8-9-16(17)12-15)20(10-5-11-20)18-6-3-2-4-7-18/h2-4,6-7,15-17,19,21H,5,8-14H2,1H3. The lowest BCUT2D eigenvalue weighted by molar-refractivity contribution is 0.139. The second kappa shape index (κ2) is 5.43. The fourth-order valence-corrected chi connectivity index (χ4v) is 5.75. The van der Waals surface area contributed by atoms with Crippen molar-refractivity contribution in [3.8, 4) is 0 Å². The molecule has 3 fully saturated rings. The van der Waals surface area contributed by atoms with Crippen LogP contribution in [0.2, 0.25) is 0 Å². The van der Waals surface area contributed by atoms with Crippen LogP contribution < -0.4 is 5.32 Å². The third-order valence-corrected chi connectivity index (χ3v) is 7.03. The van der Waals surface area contributed by atoms with E-state index in [0.717, 1.165) is 17.8 Å². The molecular weight excluding hydrogens is 254 g/mol. The van der Waals surface area contributed by atoms with E-state index < -0.39 is 0 Å². The zero-order chi connectivity index (χ0) is 14.3. The first-order valence-corrected chi connectivity index (χ1v) is 9.04. The number of fused-ring (bicyclic) bond motifs is 2. The van der Waals surface area contributed by atoms with Crippen LogP contribution in [0.4, 0.5) is 0 Å². The van der Waals surface area contributed by atoms with Gasteiger partial charge in [-0.3, -0.25) is 0 Å². The molecule has 114 valence electrons. The number of nitrogens with one attached hydrogen (secondary N) is 1. The van der Waals surface area contributed by atoms with Gasteiger partial charge < -0.3 is 5.32 Å². The average molecular weight is 283 g/mol. The fraction of sp³-hybridized carbons (Fsp3) is 0.700. The van der Waals surface area contributed by atoms with Gasteiger partial charge in [-0.2, -0.15) is 0 Å². The summed E-state index contributed by atoms with van der Waals surface area (Å²) in [6, 6.07) is 12.0. The second-order valence-corrected chi connectivity index (χ2v) is 7.89. The van der Waals surface area contributed by atoms with Gasteiger partial charge in [0, 0.05) is 11.5 Å². The van der Waals surface area contributed by atoms with Crippen LogP contribution in [0.3, 0.4) is 0 Å². The van der Waals surface area contributed by atoms with Crippen molar-refractivity contribution in [3.05, 3.63) is 35.9 Å². The van der Waals surface area contributed by atoms with Crippen LogP contribution in [-0.4, -0.2) is 13.1 Å². The largest absolute Gasteiger partial charge is 0.316 e. The number of benzene rings is 1. The van der Waals surface area contributed by atoms with E-state index in [1.165, 1.54) is 44.9 Å². The lowest BCUT2D eigenvalue weighted by Gasteiger charge is -2.49. The van der Waals surface area contributed by atoms with Crippen molar-refractivity contribution in [1.29, 1.82) is 0 Å². The van der Waals surface area contributed by atoms with Gasteiger partial charge in [-0.05, 0) is 68.9 Å². The summed E-state index contributed by atoms with van der Waals surface area (Å²) in [5.41, 5.74) is 2.01. The molecule has 1 nitrogen and oxygen atoms in total. The molecule has 4 unspecified atom stereocenters. The summed E-state index contributed by atoms with van der Waals surface area (Å²) in [6.07, 6.45) is 11.7. The van der Waals surface area contributed by atoms with Crippen LogP contribution in [0.1, 0.15) is 56.9 Å². The molecule has 1 aromatic rings. The molecule has 1 heteroatoms. The SMILES string of the molecule is CNC(CC1CC2CCC1C2)C1(c2ccccc2)CCC1. The van der Waals surface area contributed by atoms with Crippen molar-refractivity contribution in [2.75, 3.05) is 7.05 Å². The van der Waals surface area contributed by atoms with Gasteiger partial charge in [0.1, 0.15) is 0 Å². The topological polar surface area (TPSA) is 12.0 Å². The normalized spacial score (nSPS) is 34.6. The Hall–Kier alpha value is -0.820. The number of likely N-dealkylation sites (N-methyl/N-ethyl adjacent to an activating group) is 1. The lowest BCUT2D eigenvalue weighted by atomic mass is 9.58. The van der Waals surface area contributed by atoms with Crippen molar-refractivity contribution in [1.82, 2.24) is 5.32 Å². The average Bonchev–Trinajstić information content (AvgIpc) is 3.09. The van der Waals surface area contributed by atoms with Crippen LogP contribution in [0.5, 0.6) is 0 Å². The van der Waals surface area contributed by atoms with E-state index in [9.17, 15) is 0 Å². The van der Waals surface area contributed by atoms with Gasteiger partial charge in [0.15, 0.2) is 0 Å². The number of hydrogen-bond acceptors (Lipinski definition) is 1. The molecular formula is C20H29N. The predicted octanol–water partition coefficient (Wildman–Crippen LogP) is 4.52. The smallest absolute Gasteiger partial charge is 0.0164 e. The lowest BCUT2D eigenvalue weighted by Crippen LogP contribution is -2.52. The van der Waals surface area contributed by atoms with Crippen LogP contribution in [0, 0.1) is 17.8 Å². The minimum atomic E-state index is 0.428. The molecule has 0 spiro atoms. The molecule has 0 heterocycles. The van der Waals surface area contributed by atoms with Crippen molar-refractivity contribution in [2.45, 2.75) is 62.8 Å². The van der Waals surface area contributed by atoms with Crippen molar-refractivity contribution in [2.24, 2.45) is 17.8 Å². The molecule has 4 rings (SSSR count). The zero-order valence-corrected chi connectivity index (χ0v) is 13.4. The van der Waals surface area contributed by atoms with Gasteiger partial charge in [-0.25, -0.2) is 0 Å². The molecule has 0 saturated heterocycles. The molecule has 0 radical (unpaired) electrons. The Labute approximate surface area is 129 Å². The molecule has 2 bridgehead atoms. The molecule has 0 aliphatic heterocycles. The quantitative estimate of drug-likeness (QED) is 0.837. The highest BCUT2D eigenvalue weighted by molar-refractivity contribution is 5.30. The molecule has 4 atom stereocenters. The summed E-state index contributed by atoms with van der Waals surface area (Å²) in [6.45, 7) is 0. The van der Waals surface area contributed by atoms with Gasteiger partial charge in [-0.15, -0.1) is 0 Å². The Kier molecular flexibility index (Phi) is 3.57. The Bertz CT molecular complexity index is 476. The highest BCUT2D eigenvalue weighted by Crippen LogP contribution is 2.53. The molecule has 3 saturated carbocycles. The van der Waals surface area contributed by atoms with Crippen LogP contribution in [-0.2, 0) is 5.41 Å². The minimum absolute atomic E-state index is 0.428. The maximum Gasteiger partial charge on any atom is 0.0164 e. The maximum atomic E-state index is 3.73. The van der Waals surface area contributed by atoms with E-state index in [0.29, 0.717) is 11.5 Å². The van der Waals surface area contributed by atoms with Gasteiger partial charge in [0.05, 0.1) is 0 Å². The summed E-state index contributed by atoms with van der Waals surface area (Å²) in [7, 11) is 2.20. The summed E-state index contributed by atoms with van der Waals surface area (Å²) in [5.74, 6) is 3.13. The van der Waals surface area contributed by atoms with Crippen LogP contribution in [0.15, 0.2) is 30.3 Å². The zero-order valence-electron chi connectivity index (χ0n) is 13.4. The monoisotopic (exact) mass is 283 g/mol. The van der Waals surface area contributed by atoms with Gasteiger partial charge >= 0.3 is 0 Å². The van der Waals surface area contributed by atoms with Crippen molar-refractivity contribution >= 4 is 0 Å². The second-order valence-electron chi connectivity index (χ2n) is 7.89. The summed E-state index contributed by atoms with van der Waals surface area (Å²) in [5, 5.41) is 3.73. The first-order chi connectivity index (χ1) is 10.3. The van der Waals surface area contributed by atoms with E-state index in [1.807, 2.05) is 0 Å². The number of hydrogen-bond donors (Lipinski definition) is 1. The molecule has 3 aliphatic carbocycles. The van der Waals surface area contributed by atoms with E-state index in [2.05, 4.69) is 42.7 Å². The first kappa shape index (κ1) is 13.8. The Morgan fingerprint density at radius 1 is 1.14 bits per heavy atom. The van der Waals surface area contributed by atoms with E-state index >= 15 is 0 Å². The molecule has 0 aromatic heterocycles. The van der Waals surface area contributed by atoms with E-state index in [1.54, 1.807) is 12.0 Å². The maximum absolute atomic E-state index is 3.73. The summed E-state index contributed by atoms with van der Waals surface area (Å²) >= 11 is 0. The van der Waals surface area contributed by atoms with E-state index in [4.69, 9.17) is 0 Å². The fourth-order valence-electron chi connectivity index (χ4n) is 5.75. The third-order valence-electron chi connectivity index (χ3n) is 7.03. The highest BCUT2D eigenvalue weighted by Gasteiger charge is 2.48. The Balaban J connectivity index is 1.54. The molecule has 21 heavy (non-hydrogen) atoms. The van der Waals surface area contributed by atoms with Gasteiger partial charge in [0.2, 0.25) is 0 Å². The van der Waals surface area contributed by atoms with Gasteiger partial charge in [-0.1, -0.05) is 43.2 Å². The molecule has 1 aromatic carbocycles. The van der Waals surface area contributed by atoms with Crippen molar-refractivity contribution < 1.29 is 0 Å². The molecule has 3 aliphatic rings. The Morgan fingerprint density at radius 3 is 2.48 bits per heavy atom. The highest BCUT2D eigenvalue weighted by atomic mass is 14.9. The summed E-state index contributed by atoms with van der Waals surface area (Å²) in [4.78, 5) is 0. The summed E-state index contributed by atoms with van der Waals surface area (Å²) < 4.78 is 0. The van der Waals surface area contributed by atoms with Crippen LogP contribution in [0.25, 0.3) is 0 Å².